The summed E-state index contributed by atoms with van der Waals surface area (Å²) in [5.41, 5.74) is 0.0755. The van der Waals surface area contributed by atoms with Gasteiger partial charge in [0.25, 0.3) is 0 Å². The zero-order valence-electron chi connectivity index (χ0n) is 20.4. The number of nitrogens with one attached hydrogen (secondary N) is 1. The number of amides is 2. The molecule has 0 aliphatic heterocycles. The number of carbonyl (C=O) groups is 2. The Labute approximate surface area is 214 Å². The standard InChI is InChI=1S/C24H29ClF3N3O4S/c1-5-20(23(33)29-6-2)30(14-17-9-7-16(3)8-10-17)22(32)15-31(36(4,34)35)21-13-18(24(26,27)28)11-12-19(21)25/h7-13,20H,5-6,14-15H2,1-4H3,(H,29,33)/t20-/m1/s1. The fourth-order valence-electron chi connectivity index (χ4n) is 3.58. The summed E-state index contributed by atoms with van der Waals surface area (Å²) in [5.74, 6) is -1.20. The van der Waals surface area contributed by atoms with Gasteiger partial charge in [0, 0.05) is 13.1 Å². The lowest BCUT2D eigenvalue weighted by molar-refractivity contribution is -0.140. The zero-order chi connectivity index (χ0) is 27.3. The van der Waals surface area contributed by atoms with E-state index in [1.165, 1.54) is 4.90 Å². The Morgan fingerprint density at radius 3 is 2.19 bits per heavy atom. The Morgan fingerprint density at radius 2 is 1.69 bits per heavy atom. The molecule has 7 nitrogen and oxygen atoms in total. The summed E-state index contributed by atoms with van der Waals surface area (Å²) >= 11 is 6.07. The number of nitrogens with zero attached hydrogens (tertiary/aromatic N) is 2. The van der Waals surface area contributed by atoms with Crippen molar-refractivity contribution in [2.75, 3.05) is 23.7 Å². The minimum Gasteiger partial charge on any atom is -0.355 e. The van der Waals surface area contributed by atoms with Gasteiger partial charge in [0.2, 0.25) is 21.8 Å². The van der Waals surface area contributed by atoms with Crippen molar-refractivity contribution in [3.05, 3.63) is 64.2 Å². The van der Waals surface area contributed by atoms with Crippen LogP contribution in [0.1, 0.15) is 37.0 Å². The van der Waals surface area contributed by atoms with Gasteiger partial charge >= 0.3 is 6.18 Å². The SMILES string of the molecule is CCNC(=O)[C@@H](CC)N(Cc1ccc(C)cc1)C(=O)CN(c1cc(C(F)(F)F)ccc1Cl)S(C)(=O)=O. The van der Waals surface area contributed by atoms with Crippen molar-refractivity contribution < 1.29 is 31.2 Å². The Balaban J connectivity index is 2.53. The third-order valence-electron chi connectivity index (χ3n) is 5.43. The molecule has 2 aromatic rings. The third kappa shape index (κ3) is 7.60. The predicted molar refractivity (Wildman–Crippen MR) is 133 cm³/mol. The minimum absolute atomic E-state index is 0.0112. The Bertz CT molecular complexity index is 1190. The normalized spacial score (nSPS) is 12.7. The number of hydrogen-bond donors (Lipinski definition) is 1. The maximum Gasteiger partial charge on any atom is 0.416 e. The minimum atomic E-state index is -4.75. The molecular weight excluding hydrogens is 519 g/mol. The van der Waals surface area contributed by atoms with Gasteiger partial charge in [-0.25, -0.2) is 8.42 Å². The first kappa shape index (κ1) is 29.4. The van der Waals surface area contributed by atoms with E-state index >= 15 is 0 Å². The smallest absolute Gasteiger partial charge is 0.355 e. The molecule has 0 saturated carbocycles. The Kier molecular flexibility index (Phi) is 9.78. The van der Waals surface area contributed by atoms with Crippen LogP contribution in [0, 0.1) is 6.92 Å². The highest BCUT2D eigenvalue weighted by atomic mass is 35.5. The molecule has 0 radical (unpaired) electrons. The second-order valence-electron chi connectivity index (χ2n) is 8.26. The van der Waals surface area contributed by atoms with E-state index in [0.29, 0.717) is 22.5 Å². The van der Waals surface area contributed by atoms with E-state index in [1.54, 1.807) is 26.0 Å². The van der Waals surface area contributed by atoms with E-state index in [9.17, 15) is 31.2 Å². The highest BCUT2D eigenvalue weighted by Gasteiger charge is 2.35. The number of likely N-dealkylation sites (N-methyl/N-ethyl adjacent to an activating group) is 1. The van der Waals surface area contributed by atoms with E-state index in [4.69, 9.17) is 11.6 Å². The highest BCUT2D eigenvalue weighted by Crippen LogP contribution is 2.36. The molecule has 0 spiro atoms. The summed E-state index contributed by atoms with van der Waals surface area (Å²) in [6.07, 6.45) is -3.76. The van der Waals surface area contributed by atoms with Crippen molar-refractivity contribution in [3.63, 3.8) is 0 Å². The quantitative estimate of drug-likeness (QED) is 0.478. The number of carbonyl (C=O) groups excluding carboxylic acids is 2. The van der Waals surface area contributed by atoms with Crippen molar-refractivity contribution in [2.24, 2.45) is 0 Å². The van der Waals surface area contributed by atoms with Gasteiger partial charge in [-0.2, -0.15) is 13.2 Å². The topological polar surface area (TPSA) is 86.8 Å². The van der Waals surface area contributed by atoms with E-state index in [0.717, 1.165) is 24.0 Å². The Hall–Kier alpha value is -2.79. The van der Waals surface area contributed by atoms with E-state index in [2.05, 4.69) is 5.32 Å². The molecule has 0 aromatic heterocycles. The van der Waals surface area contributed by atoms with Crippen molar-refractivity contribution in [1.29, 1.82) is 0 Å². The van der Waals surface area contributed by atoms with E-state index < -0.39 is 51.9 Å². The predicted octanol–water partition coefficient (Wildman–Crippen LogP) is 4.38. The van der Waals surface area contributed by atoms with Gasteiger partial charge < -0.3 is 10.2 Å². The monoisotopic (exact) mass is 547 g/mol. The second-order valence-corrected chi connectivity index (χ2v) is 10.6. The summed E-state index contributed by atoms with van der Waals surface area (Å²) in [7, 11) is -4.24. The van der Waals surface area contributed by atoms with Gasteiger partial charge in [0.15, 0.2) is 0 Å². The van der Waals surface area contributed by atoms with Crippen molar-refractivity contribution in [3.8, 4) is 0 Å². The third-order valence-corrected chi connectivity index (χ3v) is 6.88. The summed E-state index contributed by atoms with van der Waals surface area (Å²) in [6, 6.07) is 8.51. The number of aryl methyl sites for hydroxylation is 1. The van der Waals surface area contributed by atoms with Crippen LogP contribution in [0.5, 0.6) is 0 Å². The van der Waals surface area contributed by atoms with E-state index in [-0.39, 0.29) is 18.0 Å². The van der Waals surface area contributed by atoms with Crippen LogP contribution in [0.2, 0.25) is 5.02 Å². The van der Waals surface area contributed by atoms with Crippen LogP contribution < -0.4 is 9.62 Å². The molecule has 0 bridgehead atoms. The van der Waals surface area contributed by atoms with Crippen LogP contribution in [-0.2, 0) is 32.3 Å². The van der Waals surface area contributed by atoms with Crippen LogP contribution in [0.3, 0.4) is 0 Å². The largest absolute Gasteiger partial charge is 0.416 e. The number of benzene rings is 2. The van der Waals surface area contributed by atoms with Gasteiger partial charge in [-0.15, -0.1) is 0 Å². The number of halogens is 4. The summed E-state index contributed by atoms with van der Waals surface area (Å²) < 4.78 is 65.7. The fourth-order valence-corrected chi connectivity index (χ4v) is 4.70. The molecule has 0 heterocycles. The van der Waals surface area contributed by atoms with Crippen molar-refractivity contribution in [1.82, 2.24) is 10.2 Å². The molecule has 0 fully saturated rings. The summed E-state index contributed by atoms with van der Waals surface area (Å²) in [4.78, 5) is 27.5. The molecule has 36 heavy (non-hydrogen) atoms. The lowest BCUT2D eigenvalue weighted by Crippen LogP contribution is -2.52. The maximum atomic E-state index is 13.5. The first-order valence-electron chi connectivity index (χ1n) is 11.2. The molecule has 0 aliphatic rings. The van der Waals surface area contributed by atoms with Gasteiger partial charge in [-0.05, 0) is 44.0 Å². The van der Waals surface area contributed by atoms with Crippen LogP contribution >= 0.6 is 11.6 Å². The van der Waals surface area contributed by atoms with E-state index in [1.807, 2.05) is 19.1 Å². The first-order valence-corrected chi connectivity index (χ1v) is 13.4. The number of rotatable bonds is 10. The molecular formula is C24H29ClF3N3O4S. The summed E-state index contributed by atoms with van der Waals surface area (Å²) in [6.45, 7) is 4.77. The fraction of sp³-hybridized carbons (Fsp3) is 0.417. The molecule has 1 atom stereocenters. The molecule has 0 saturated heterocycles. The molecule has 12 heteroatoms. The van der Waals surface area contributed by atoms with Crippen LogP contribution in [-0.4, -0.2) is 50.5 Å². The second kappa shape index (κ2) is 12.0. The van der Waals surface area contributed by atoms with Crippen LogP contribution in [0.4, 0.5) is 18.9 Å². The molecule has 2 amide bonds. The van der Waals surface area contributed by atoms with Gasteiger partial charge in [-0.3, -0.25) is 13.9 Å². The number of sulfonamides is 1. The average Bonchev–Trinajstić information content (AvgIpc) is 2.77. The van der Waals surface area contributed by atoms with Crippen molar-refractivity contribution in [2.45, 2.75) is 46.0 Å². The lowest BCUT2D eigenvalue weighted by Gasteiger charge is -2.33. The maximum absolute atomic E-state index is 13.5. The van der Waals surface area contributed by atoms with Gasteiger partial charge in [0.05, 0.1) is 22.5 Å². The molecule has 0 aliphatic carbocycles. The van der Waals surface area contributed by atoms with Gasteiger partial charge in [-0.1, -0.05) is 48.4 Å². The number of anilines is 1. The van der Waals surface area contributed by atoms with Crippen molar-refractivity contribution >= 4 is 39.1 Å². The number of alkyl halides is 3. The average molecular weight is 548 g/mol. The van der Waals surface area contributed by atoms with Crippen LogP contribution in [0.25, 0.3) is 0 Å². The molecule has 1 N–H and O–H groups in total. The molecule has 2 rings (SSSR count). The van der Waals surface area contributed by atoms with Gasteiger partial charge in [0.1, 0.15) is 12.6 Å². The molecule has 198 valence electrons. The number of hydrogen-bond acceptors (Lipinski definition) is 4. The molecule has 2 aromatic carbocycles. The first-order chi connectivity index (χ1) is 16.7. The summed E-state index contributed by atoms with van der Waals surface area (Å²) in [5, 5.41) is 2.39. The lowest BCUT2D eigenvalue weighted by atomic mass is 10.1. The highest BCUT2D eigenvalue weighted by molar-refractivity contribution is 7.92. The zero-order valence-corrected chi connectivity index (χ0v) is 22.0. The Morgan fingerprint density at radius 1 is 1.08 bits per heavy atom. The van der Waals surface area contributed by atoms with Crippen LogP contribution in [0.15, 0.2) is 42.5 Å². The molecule has 0 unspecified atom stereocenters.